The van der Waals surface area contributed by atoms with Crippen molar-refractivity contribution in [3.63, 3.8) is 0 Å². The van der Waals surface area contributed by atoms with Crippen LogP contribution in [0.5, 0.6) is 5.75 Å². The number of hydrogen-bond acceptors (Lipinski definition) is 3. The van der Waals surface area contributed by atoms with Crippen molar-refractivity contribution in [2.45, 2.75) is 110 Å². The maximum atomic E-state index is 12.0. The molecular weight excluding hydrogens is 396 g/mol. The van der Waals surface area contributed by atoms with Crippen molar-refractivity contribution in [1.82, 2.24) is 5.32 Å². The first kappa shape index (κ1) is 28.2. The molecule has 0 spiro atoms. The zero-order valence-corrected chi connectivity index (χ0v) is 20.6. The fourth-order valence-corrected chi connectivity index (χ4v) is 3.81. The van der Waals surface area contributed by atoms with Crippen LogP contribution >= 0.6 is 0 Å². The average Bonchev–Trinajstić information content (AvgIpc) is 2.80. The summed E-state index contributed by atoms with van der Waals surface area (Å²) in [4.78, 5) is 12.0. The third-order valence-corrected chi connectivity index (χ3v) is 5.76. The number of ether oxygens (including phenoxy) is 1. The number of unbranched alkanes of at least 4 members (excludes halogenated alkanes) is 14. The minimum atomic E-state index is 0.0119. The SMILES string of the molecule is CCCCCCCCCCCCCCCCC=CNC(=O)Cc1ccc(OCCN)cc1. The summed E-state index contributed by atoms with van der Waals surface area (Å²) in [6.07, 6.45) is 24.6. The number of nitrogens with two attached hydrogens (primary N) is 1. The summed E-state index contributed by atoms with van der Waals surface area (Å²) in [6, 6.07) is 7.60. The van der Waals surface area contributed by atoms with E-state index in [2.05, 4.69) is 18.3 Å². The summed E-state index contributed by atoms with van der Waals surface area (Å²) in [7, 11) is 0. The van der Waals surface area contributed by atoms with Gasteiger partial charge in [-0.05, 0) is 36.7 Å². The van der Waals surface area contributed by atoms with Crippen LogP contribution in [0.1, 0.15) is 109 Å². The van der Waals surface area contributed by atoms with Crippen LogP contribution in [0.2, 0.25) is 0 Å². The van der Waals surface area contributed by atoms with E-state index in [0.717, 1.165) is 17.7 Å². The molecule has 0 saturated carbocycles. The molecule has 1 aromatic carbocycles. The molecule has 4 heteroatoms. The smallest absolute Gasteiger partial charge is 0.228 e. The van der Waals surface area contributed by atoms with E-state index in [1.54, 1.807) is 6.20 Å². The Morgan fingerprint density at radius 2 is 1.38 bits per heavy atom. The minimum Gasteiger partial charge on any atom is -0.492 e. The first-order valence-electron chi connectivity index (χ1n) is 13.1. The van der Waals surface area contributed by atoms with Crippen molar-refractivity contribution in [2.24, 2.45) is 5.73 Å². The lowest BCUT2D eigenvalue weighted by Crippen LogP contribution is -2.19. The third-order valence-electron chi connectivity index (χ3n) is 5.76. The number of amides is 1. The van der Waals surface area contributed by atoms with Gasteiger partial charge in [0.05, 0.1) is 6.42 Å². The van der Waals surface area contributed by atoms with Crippen molar-refractivity contribution in [2.75, 3.05) is 13.2 Å². The Hall–Kier alpha value is -1.81. The van der Waals surface area contributed by atoms with Gasteiger partial charge in [0, 0.05) is 6.54 Å². The fraction of sp³-hybridized carbons (Fsp3) is 0.679. The lowest BCUT2D eigenvalue weighted by atomic mass is 10.0. The lowest BCUT2D eigenvalue weighted by molar-refractivity contribution is -0.119. The molecule has 1 amide bonds. The second-order valence-corrected chi connectivity index (χ2v) is 8.81. The van der Waals surface area contributed by atoms with Crippen LogP contribution in [-0.2, 0) is 11.2 Å². The molecule has 1 rings (SSSR count). The van der Waals surface area contributed by atoms with Crippen molar-refractivity contribution in [3.05, 3.63) is 42.1 Å². The van der Waals surface area contributed by atoms with Gasteiger partial charge in [0.25, 0.3) is 0 Å². The van der Waals surface area contributed by atoms with Gasteiger partial charge in [-0.25, -0.2) is 0 Å². The van der Waals surface area contributed by atoms with Crippen LogP contribution in [0.25, 0.3) is 0 Å². The molecule has 0 atom stereocenters. The van der Waals surface area contributed by atoms with Crippen LogP contribution in [0, 0.1) is 0 Å². The van der Waals surface area contributed by atoms with Crippen LogP contribution < -0.4 is 15.8 Å². The molecule has 0 bridgehead atoms. The molecule has 0 aromatic heterocycles. The van der Waals surface area contributed by atoms with Crippen molar-refractivity contribution < 1.29 is 9.53 Å². The van der Waals surface area contributed by atoms with E-state index in [1.807, 2.05) is 24.3 Å². The first-order chi connectivity index (χ1) is 15.8. The molecule has 0 aliphatic rings. The molecular formula is C28H48N2O2. The molecule has 0 radical (unpaired) electrons. The molecule has 0 aliphatic carbocycles. The van der Waals surface area contributed by atoms with Gasteiger partial charge in [-0.3, -0.25) is 4.79 Å². The summed E-state index contributed by atoms with van der Waals surface area (Å²) in [6.45, 7) is 3.28. The summed E-state index contributed by atoms with van der Waals surface area (Å²) < 4.78 is 5.45. The van der Waals surface area contributed by atoms with Gasteiger partial charge in [0.2, 0.25) is 5.91 Å². The average molecular weight is 445 g/mol. The molecule has 0 unspecified atom stereocenters. The number of carbonyl (C=O) groups is 1. The minimum absolute atomic E-state index is 0.0119. The normalized spacial score (nSPS) is 11.2. The predicted molar refractivity (Wildman–Crippen MR) is 137 cm³/mol. The summed E-state index contributed by atoms with van der Waals surface area (Å²) >= 11 is 0. The predicted octanol–water partition coefficient (Wildman–Crippen LogP) is 7.07. The zero-order chi connectivity index (χ0) is 23.1. The largest absolute Gasteiger partial charge is 0.492 e. The van der Waals surface area contributed by atoms with Crippen LogP contribution in [0.3, 0.4) is 0 Å². The summed E-state index contributed by atoms with van der Waals surface area (Å²) in [5.74, 6) is 0.797. The molecule has 4 nitrogen and oxygen atoms in total. The Balaban J connectivity index is 1.89. The number of carbonyl (C=O) groups excluding carboxylic acids is 1. The van der Waals surface area contributed by atoms with E-state index >= 15 is 0 Å². The quantitative estimate of drug-likeness (QED) is 0.199. The highest BCUT2D eigenvalue weighted by atomic mass is 16.5. The van der Waals surface area contributed by atoms with E-state index < -0.39 is 0 Å². The van der Waals surface area contributed by atoms with Crippen molar-refractivity contribution >= 4 is 5.91 Å². The number of rotatable bonds is 21. The Labute approximate surface area is 197 Å². The second kappa shape index (κ2) is 21.1. The molecule has 182 valence electrons. The fourth-order valence-electron chi connectivity index (χ4n) is 3.81. The third kappa shape index (κ3) is 16.8. The molecule has 1 aromatic rings. The number of allylic oxidation sites excluding steroid dienone is 1. The van der Waals surface area contributed by atoms with Crippen LogP contribution in [0.4, 0.5) is 0 Å². The molecule has 3 N–H and O–H groups in total. The Kier molecular flexibility index (Phi) is 18.6. The molecule has 0 saturated heterocycles. The van der Waals surface area contributed by atoms with E-state index in [0.29, 0.717) is 19.6 Å². The van der Waals surface area contributed by atoms with Gasteiger partial charge in [0.1, 0.15) is 12.4 Å². The highest BCUT2D eigenvalue weighted by Gasteiger charge is 2.02. The van der Waals surface area contributed by atoms with Crippen LogP contribution in [0.15, 0.2) is 36.5 Å². The van der Waals surface area contributed by atoms with E-state index in [9.17, 15) is 4.79 Å². The van der Waals surface area contributed by atoms with E-state index in [4.69, 9.17) is 10.5 Å². The lowest BCUT2D eigenvalue weighted by Gasteiger charge is -2.05. The Morgan fingerprint density at radius 1 is 0.844 bits per heavy atom. The molecule has 0 aliphatic heterocycles. The number of nitrogens with one attached hydrogen (secondary N) is 1. The monoisotopic (exact) mass is 444 g/mol. The molecule has 32 heavy (non-hydrogen) atoms. The van der Waals surface area contributed by atoms with E-state index in [1.165, 1.54) is 89.9 Å². The first-order valence-corrected chi connectivity index (χ1v) is 13.1. The second-order valence-electron chi connectivity index (χ2n) is 8.81. The van der Waals surface area contributed by atoms with Gasteiger partial charge in [-0.2, -0.15) is 0 Å². The number of hydrogen-bond donors (Lipinski definition) is 2. The maximum Gasteiger partial charge on any atom is 0.228 e. The molecule has 0 fully saturated rings. The van der Waals surface area contributed by atoms with E-state index in [-0.39, 0.29) is 5.91 Å². The maximum absolute atomic E-state index is 12.0. The summed E-state index contributed by atoms with van der Waals surface area (Å²) in [5, 5.41) is 2.86. The Morgan fingerprint density at radius 3 is 1.91 bits per heavy atom. The Bertz CT molecular complexity index is 584. The van der Waals surface area contributed by atoms with Gasteiger partial charge in [-0.15, -0.1) is 0 Å². The summed E-state index contributed by atoms with van der Waals surface area (Å²) in [5.41, 5.74) is 6.40. The number of benzene rings is 1. The standard InChI is InChI=1S/C28H48N2O2/c1-2-3-4-5-6-7-8-9-10-11-12-13-14-15-16-17-23-30-28(31)25-26-18-20-27(21-19-26)32-24-22-29/h17-21,23H,2-16,22,24-25,29H2,1H3,(H,30,31). The van der Waals surface area contributed by atoms with Gasteiger partial charge < -0.3 is 15.8 Å². The van der Waals surface area contributed by atoms with Crippen molar-refractivity contribution in [3.8, 4) is 5.75 Å². The van der Waals surface area contributed by atoms with Crippen LogP contribution in [-0.4, -0.2) is 19.1 Å². The van der Waals surface area contributed by atoms with Crippen molar-refractivity contribution in [1.29, 1.82) is 0 Å². The van der Waals surface area contributed by atoms with Gasteiger partial charge in [-0.1, -0.05) is 109 Å². The molecule has 0 heterocycles. The topological polar surface area (TPSA) is 64.3 Å². The highest BCUT2D eigenvalue weighted by molar-refractivity contribution is 5.79. The van der Waals surface area contributed by atoms with Gasteiger partial charge in [0.15, 0.2) is 0 Å². The zero-order valence-electron chi connectivity index (χ0n) is 20.6. The highest BCUT2D eigenvalue weighted by Crippen LogP contribution is 2.14. The van der Waals surface area contributed by atoms with Gasteiger partial charge >= 0.3 is 0 Å².